The van der Waals surface area contributed by atoms with Crippen molar-refractivity contribution in [1.82, 2.24) is 9.78 Å². The first-order valence-corrected chi connectivity index (χ1v) is 4.90. The van der Waals surface area contributed by atoms with E-state index >= 15 is 0 Å². The third kappa shape index (κ3) is 1.62. The quantitative estimate of drug-likeness (QED) is 0.766. The number of rotatable bonds is 1. The summed E-state index contributed by atoms with van der Waals surface area (Å²) in [5, 5.41) is 4.77. The minimum atomic E-state index is 0.672. The fraction of sp³-hybridized carbons (Fsp3) is 0. The molecule has 1 aromatic heterocycles. The third-order valence-corrected chi connectivity index (χ3v) is 2.97. The maximum absolute atomic E-state index is 6.08. The summed E-state index contributed by atoms with van der Waals surface area (Å²) in [5.74, 6) is 0. The van der Waals surface area contributed by atoms with Gasteiger partial charge >= 0.3 is 0 Å². The fourth-order valence-electron chi connectivity index (χ4n) is 1.08. The van der Waals surface area contributed by atoms with Crippen molar-refractivity contribution in [3.05, 3.63) is 46.2 Å². The van der Waals surface area contributed by atoms with Gasteiger partial charge in [-0.15, -0.1) is 0 Å². The van der Waals surface area contributed by atoms with E-state index in [1.165, 1.54) is 0 Å². The normalized spacial score (nSPS) is 10.3. The Morgan fingerprint density at radius 1 is 1.31 bits per heavy atom. The molecule has 1 aromatic carbocycles. The van der Waals surface area contributed by atoms with Gasteiger partial charge in [-0.05, 0) is 34.1 Å². The van der Waals surface area contributed by atoms with Gasteiger partial charge in [-0.2, -0.15) is 5.10 Å². The van der Waals surface area contributed by atoms with E-state index in [4.69, 9.17) is 11.6 Å². The van der Waals surface area contributed by atoms with E-state index in [-0.39, 0.29) is 0 Å². The highest BCUT2D eigenvalue weighted by molar-refractivity contribution is 9.10. The van der Waals surface area contributed by atoms with Crippen molar-refractivity contribution in [3.8, 4) is 5.69 Å². The summed E-state index contributed by atoms with van der Waals surface area (Å²) in [6, 6.07) is 7.60. The number of halogens is 2. The molecule has 4 heteroatoms. The molecule has 2 rings (SSSR count). The van der Waals surface area contributed by atoms with Gasteiger partial charge < -0.3 is 0 Å². The van der Waals surface area contributed by atoms with Crippen molar-refractivity contribution in [2.45, 2.75) is 0 Å². The van der Waals surface area contributed by atoms with Gasteiger partial charge in [0.2, 0.25) is 0 Å². The number of hydrogen-bond acceptors (Lipinski definition) is 1. The van der Waals surface area contributed by atoms with Crippen molar-refractivity contribution < 1.29 is 0 Å². The van der Waals surface area contributed by atoms with Crippen LogP contribution in [0.3, 0.4) is 0 Å². The van der Waals surface area contributed by atoms with Gasteiger partial charge in [0, 0.05) is 16.9 Å². The molecule has 0 aliphatic rings. The Balaban J connectivity index is 2.59. The average Bonchev–Trinajstić information content (AvgIpc) is 2.62. The molecule has 0 N–H and O–H groups in total. The van der Waals surface area contributed by atoms with Gasteiger partial charge in [0.05, 0.1) is 10.7 Å². The van der Waals surface area contributed by atoms with Crippen LogP contribution < -0.4 is 0 Å². The molecule has 0 fully saturated rings. The largest absolute Gasteiger partial charge is 0.239 e. The van der Waals surface area contributed by atoms with Gasteiger partial charge in [-0.1, -0.05) is 17.7 Å². The van der Waals surface area contributed by atoms with Crippen molar-refractivity contribution in [3.63, 3.8) is 0 Å². The van der Waals surface area contributed by atoms with E-state index in [0.717, 1.165) is 10.2 Å². The summed E-state index contributed by atoms with van der Waals surface area (Å²) in [5.41, 5.74) is 0.876. The van der Waals surface area contributed by atoms with Crippen molar-refractivity contribution >= 4 is 27.5 Å². The molecule has 13 heavy (non-hydrogen) atoms. The molecule has 0 bridgehead atoms. The van der Waals surface area contributed by atoms with E-state index in [2.05, 4.69) is 21.0 Å². The SMILES string of the molecule is Clc1c(Br)cccc1-n1cccn1. The molecule has 2 nitrogen and oxygen atoms in total. The third-order valence-electron chi connectivity index (χ3n) is 1.68. The molecule has 0 unspecified atom stereocenters. The van der Waals surface area contributed by atoms with Gasteiger partial charge in [0.1, 0.15) is 0 Å². The smallest absolute Gasteiger partial charge is 0.0843 e. The summed E-state index contributed by atoms with van der Waals surface area (Å²) >= 11 is 9.44. The summed E-state index contributed by atoms with van der Waals surface area (Å²) in [6.45, 7) is 0. The Morgan fingerprint density at radius 2 is 2.15 bits per heavy atom. The molecule has 0 spiro atoms. The lowest BCUT2D eigenvalue weighted by atomic mass is 10.3. The van der Waals surface area contributed by atoms with Crippen LogP contribution in [0.5, 0.6) is 0 Å². The second kappa shape index (κ2) is 3.52. The minimum absolute atomic E-state index is 0.672. The molecule has 0 amide bonds. The van der Waals surface area contributed by atoms with Crippen LogP contribution in [0.25, 0.3) is 5.69 Å². The highest BCUT2D eigenvalue weighted by Crippen LogP contribution is 2.27. The Labute approximate surface area is 89.3 Å². The zero-order valence-electron chi connectivity index (χ0n) is 6.61. The lowest BCUT2D eigenvalue weighted by Gasteiger charge is -2.04. The zero-order valence-corrected chi connectivity index (χ0v) is 8.96. The van der Waals surface area contributed by atoms with Crippen molar-refractivity contribution in [2.24, 2.45) is 0 Å². The Kier molecular flexibility index (Phi) is 2.38. The van der Waals surface area contributed by atoms with Crippen LogP contribution in [-0.4, -0.2) is 9.78 Å². The molecule has 66 valence electrons. The van der Waals surface area contributed by atoms with Gasteiger partial charge in [-0.3, -0.25) is 0 Å². The monoisotopic (exact) mass is 256 g/mol. The molecular weight excluding hydrogens is 251 g/mol. The Morgan fingerprint density at radius 3 is 2.85 bits per heavy atom. The van der Waals surface area contributed by atoms with Crippen LogP contribution in [0.15, 0.2) is 41.1 Å². The van der Waals surface area contributed by atoms with Gasteiger partial charge in [-0.25, -0.2) is 4.68 Å². The maximum Gasteiger partial charge on any atom is 0.0843 e. The second-order valence-electron chi connectivity index (χ2n) is 2.52. The van der Waals surface area contributed by atoms with E-state index in [1.807, 2.05) is 30.5 Å². The van der Waals surface area contributed by atoms with Crippen molar-refractivity contribution in [2.75, 3.05) is 0 Å². The molecule has 0 radical (unpaired) electrons. The number of benzene rings is 1. The minimum Gasteiger partial charge on any atom is -0.239 e. The summed E-state index contributed by atoms with van der Waals surface area (Å²) in [4.78, 5) is 0. The lowest BCUT2D eigenvalue weighted by Crippen LogP contribution is -1.94. The van der Waals surface area contributed by atoms with Crippen LogP contribution in [0, 0.1) is 0 Å². The molecule has 0 aliphatic heterocycles. The van der Waals surface area contributed by atoms with Crippen LogP contribution in [0.1, 0.15) is 0 Å². The predicted molar refractivity (Wildman–Crippen MR) is 56.3 cm³/mol. The molecule has 0 saturated heterocycles. The standard InChI is InChI=1S/C9H6BrClN2/c10-7-3-1-4-8(9(7)11)13-6-2-5-12-13/h1-6H. The predicted octanol–water partition coefficient (Wildman–Crippen LogP) is 3.29. The first-order valence-electron chi connectivity index (χ1n) is 3.73. The average molecular weight is 258 g/mol. The molecule has 0 atom stereocenters. The summed E-state index contributed by atoms with van der Waals surface area (Å²) in [7, 11) is 0. The number of aromatic nitrogens is 2. The molecule has 0 saturated carbocycles. The first kappa shape index (κ1) is 8.78. The van der Waals surface area contributed by atoms with Gasteiger partial charge in [0.15, 0.2) is 0 Å². The first-order chi connectivity index (χ1) is 6.29. The van der Waals surface area contributed by atoms with Crippen molar-refractivity contribution in [1.29, 1.82) is 0 Å². The van der Waals surface area contributed by atoms with Gasteiger partial charge in [0.25, 0.3) is 0 Å². The topological polar surface area (TPSA) is 17.8 Å². The highest BCUT2D eigenvalue weighted by Gasteiger charge is 2.04. The van der Waals surface area contributed by atoms with Crippen LogP contribution >= 0.6 is 27.5 Å². The number of hydrogen-bond donors (Lipinski definition) is 0. The molecule has 0 aliphatic carbocycles. The summed E-state index contributed by atoms with van der Waals surface area (Å²) < 4.78 is 2.61. The van der Waals surface area contributed by atoms with Crippen LogP contribution in [0.4, 0.5) is 0 Å². The van der Waals surface area contributed by atoms with E-state index in [9.17, 15) is 0 Å². The van der Waals surface area contributed by atoms with E-state index in [0.29, 0.717) is 5.02 Å². The van der Waals surface area contributed by atoms with E-state index in [1.54, 1.807) is 10.9 Å². The number of nitrogens with zero attached hydrogens (tertiary/aromatic N) is 2. The Hall–Kier alpha value is -0.800. The fourth-order valence-corrected chi connectivity index (χ4v) is 1.65. The zero-order chi connectivity index (χ0) is 9.26. The second-order valence-corrected chi connectivity index (χ2v) is 3.76. The van der Waals surface area contributed by atoms with Crippen LogP contribution in [0.2, 0.25) is 5.02 Å². The summed E-state index contributed by atoms with van der Waals surface area (Å²) in [6.07, 6.45) is 3.57. The Bertz CT molecular complexity index is 412. The molecule has 1 heterocycles. The maximum atomic E-state index is 6.08. The highest BCUT2D eigenvalue weighted by atomic mass is 79.9. The molecular formula is C9H6BrClN2. The molecule has 2 aromatic rings. The lowest BCUT2D eigenvalue weighted by molar-refractivity contribution is 0.880. The van der Waals surface area contributed by atoms with E-state index < -0.39 is 0 Å². The van der Waals surface area contributed by atoms with Crippen LogP contribution in [-0.2, 0) is 0 Å².